The fourth-order valence-corrected chi connectivity index (χ4v) is 2.38. The largest absolute Gasteiger partial charge is 0.299 e. The fourth-order valence-electron chi connectivity index (χ4n) is 1.59. The molecule has 4 nitrogen and oxygen atoms in total. The van der Waals surface area contributed by atoms with Crippen molar-refractivity contribution in [2.45, 2.75) is 6.42 Å². The number of rotatable bonds is 1. The number of hydrogen-bond acceptors (Lipinski definition) is 2. The van der Waals surface area contributed by atoms with Gasteiger partial charge < -0.3 is 0 Å². The topological polar surface area (TPSA) is 63.4 Å². The quantitative estimate of drug-likeness (QED) is 0.738. The number of anilines is 1. The van der Waals surface area contributed by atoms with Crippen molar-refractivity contribution >= 4 is 15.9 Å². The summed E-state index contributed by atoms with van der Waals surface area (Å²) >= 11 is 0. The maximum Gasteiger partial charge on any atom is 0.299 e. The molecule has 0 bridgehead atoms. The molecule has 0 saturated carbocycles. The van der Waals surface area contributed by atoms with Crippen molar-refractivity contribution in [3.63, 3.8) is 0 Å². The van der Waals surface area contributed by atoms with Gasteiger partial charge in [0, 0.05) is 6.54 Å². The summed E-state index contributed by atoms with van der Waals surface area (Å²) in [6.07, 6.45) is 0.575. The molecule has 0 unspecified atom stereocenters. The Morgan fingerprint density at radius 3 is 2.79 bits per heavy atom. The Balaban J connectivity index is 2.54. The summed E-state index contributed by atoms with van der Waals surface area (Å²) in [7, 11) is -3.77. The van der Waals surface area contributed by atoms with Gasteiger partial charge in [0.15, 0.2) is 0 Å². The average molecular weight is 216 g/mol. The van der Waals surface area contributed by atoms with Crippen LogP contribution in [0.5, 0.6) is 0 Å². The van der Waals surface area contributed by atoms with Gasteiger partial charge in [-0.25, -0.2) is 9.53 Å². The van der Waals surface area contributed by atoms with Gasteiger partial charge in [-0.3, -0.25) is 4.31 Å². The van der Waals surface area contributed by atoms with Crippen LogP contribution in [-0.2, 0) is 16.6 Å². The number of fused-ring (bicyclic) bond motifs is 1. The molecule has 0 radical (unpaired) electrons. The summed E-state index contributed by atoms with van der Waals surface area (Å²) in [5.41, 5.74) is 1.16. The Morgan fingerprint density at radius 2 is 2.14 bits per heavy atom. The van der Waals surface area contributed by atoms with Gasteiger partial charge in [0.25, 0.3) is 10.2 Å². The minimum Gasteiger partial charge on any atom is -0.257 e. The van der Waals surface area contributed by atoms with E-state index in [0.29, 0.717) is 12.1 Å². The van der Waals surface area contributed by atoms with Crippen LogP contribution in [0.15, 0.2) is 18.2 Å². The molecule has 76 valence electrons. The highest BCUT2D eigenvalue weighted by Gasteiger charge is 2.26. The maximum atomic E-state index is 12.9. The molecule has 1 aromatic carbocycles. The van der Waals surface area contributed by atoms with Crippen LogP contribution < -0.4 is 9.44 Å². The van der Waals surface area contributed by atoms with E-state index in [9.17, 15) is 12.8 Å². The summed E-state index contributed by atoms with van der Waals surface area (Å²) in [6.45, 7) is 0.289. The molecule has 0 atom stereocenters. The van der Waals surface area contributed by atoms with Gasteiger partial charge in [0.05, 0.1) is 5.69 Å². The first-order chi connectivity index (χ1) is 6.48. The van der Waals surface area contributed by atoms with Crippen molar-refractivity contribution in [2.75, 3.05) is 10.8 Å². The van der Waals surface area contributed by atoms with Crippen LogP contribution in [0.25, 0.3) is 0 Å². The lowest BCUT2D eigenvalue weighted by Crippen LogP contribution is -2.35. The van der Waals surface area contributed by atoms with E-state index in [0.717, 1.165) is 9.87 Å². The van der Waals surface area contributed by atoms with Gasteiger partial charge in [0.1, 0.15) is 5.82 Å². The molecular weight excluding hydrogens is 207 g/mol. The Kier molecular flexibility index (Phi) is 1.97. The number of nitrogens with two attached hydrogens (primary N) is 1. The van der Waals surface area contributed by atoms with Gasteiger partial charge in [-0.05, 0) is 24.1 Å². The predicted octanol–water partition coefficient (Wildman–Crippen LogP) is 0.392. The molecule has 0 aromatic heterocycles. The van der Waals surface area contributed by atoms with Gasteiger partial charge in [0.2, 0.25) is 0 Å². The predicted molar refractivity (Wildman–Crippen MR) is 50.6 cm³/mol. The Morgan fingerprint density at radius 1 is 1.43 bits per heavy atom. The van der Waals surface area contributed by atoms with Crippen LogP contribution in [0, 0.1) is 5.82 Å². The fraction of sp³-hybridized carbons (Fsp3) is 0.250. The average Bonchev–Trinajstić information content (AvgIpc) is 2.45. The maximum absolute atomic E-state index is 12.9. The van der Waals surface area contributed by atoms with Crippen molar-refractivity contribution in [3.8, 4) is 0 Å². The normalized spacial score (nSPS) is 15.7. The van der Waals surface area contributed by atoms with Crippen LogP contribution in [0.2, 0.25) is 0 Å². The molecular formula is C8H9FN2O2S. The Hall–Kier alpha value is -1.14. The second-order valence-corrected chi connectivity index (χ2v) is 4.61. The molecule has 6 heteroatoms. The first kappa shape index (κ1) is 9.42. The number of nitrogens with zero attached hydrogens (tertiary/aromatic N) is 1. The molecule has 0 spiro atoms. The van der Waals surface area contributed by atoms with E-state index in [1.165, 1.54) is 12.1 Å². The first-order valence-corrected chi connectivity index (χ1v) is 5.58. The first-order valence-electron chi connectivity index (χ1n) is 4.07. The molecule has 1 aliphatic heterocycles. The molecule has 1 aliphatic rings. The zero-order valence-electron chi connectivity index (χ0n) is 7.27. The standard InChI is InChI=1S/C8H9FN2O2S/c9-7-2-1-6-3-4-11(8(6)5-7)14(10,12)13/h1-2,5H,3-4H2,(H2,10,12,13). The third-order valence-electron chi connectivity index (χ3n) is 2.21. The van der Waals surface area contributed by atoms with Crippen LogP contribution in [-0.4, -0.2) is 15.0 Å². The minimum absolute atomic E-state index is 0.289. The molecule has 1 heterocycles. The van der Waals surface area contributed by atoms with E-state index in [4.69, 9.17) is 5.14 Å². The highest BCUT2D eigenvalue weighted by Crippen LogP contribution is 2.29. The van der Waals surface area contributed by atoms with E-state index in [2.05, 4.69) is 0 Å². The van der Waals surface area contributed by atoms with Crippen LogP contribution in [0.1, 0.15) is 5.56 Å². The highest BCUT2D eigenvalue weighted by atomic mass is 32.2. The second-order valence-electron chi connectivity index (χ2n) is 3.14. The lowest BCUT2D eigenvalue weighted by atomic mass is 10.2. The molecule has 2 rings (SSSR count). The van der Waals surface area contributed by atoms with Gasteiger partial charge >= 0.3 is 0 Å². The Labute approximate surface area is 81.3 Å². The monoisotopic (exact) mass is 216 g/mol. The molecule has 0 amide bonds. The van der Waals surface area contributed by atoms with Crippen molar-refractivity contribution in [2.24, 2.45) is 5.14 Å². The summed E-state index contributed by atoms with van der Waals surface area (Å²) in [5, 5.41) is 4.98. The number of halogens is 1. The number of hydrogen-bond donors (Lipinski definition) is 1. The summed E-state index contributed by atoms with van der Waals surface area (Å²) in [5.74, 6) is -0.459. The van der Waals surface area contributed by atoms with E-state index in [1.54, 1.807) is 6.07 Å². The summed E-state index contributed by atoms with van der Waals surface area (Å²) in [6, 6.07) is 4.08. The lowest BCUT2D eigenvalue weighted by Gasteiger charge is -2.15. The Bertz CT molecular complexity index is 472. The van der Waals surface area contributed by atoms with E-state index >= 15 is 0 Å². The molecule has 0 fully saturated rings. The summed E-state index contributed by atoms with van der Waals surface area (Å²) < 4.78 is 36.1. The molecule has 1 aromatic rings. The highest BCUT2D eigenvalue weighted by molar-refractivity contribution is 7.90. The van der Waals surface area contributed by atoms with Crippen LogP contribution in [0.3, 0.4) is 0 Å². The van der Waals surface area contributed by atoms with E-state index in [1.807, 2.05) is 0 Å². The third-order valence-corrected chi connectivity index (χ3v) is 3.20. The van der Waals surface area contributed by atoms with Crippen LogP contribution in [0.4, 0.5) is 10.1 Å². The van der Waals surface area contributed by atoms with Crippen LogP contribution >= 0.6 is 0 Å². The zero-order valence-corrected chi connectivity index (χ0v) is 8.09. The van der Waals surface area contributed by atoms with E-state index in [-0.39, 0.29) is 6.54 Å². The molecule has 0 aliphatic carbocycles. The summed E-state index contributed by atoms with van der Waals surface area (Å²) in [4.78, 5) is 0. The number of benzene rings is 1. The van der Waals surface area contributed by atoms with Crippen molar-refractivity contribution in [1.29, 1.82) is 0 Å². The zero-order chi connectivity index (χ0) is 10.3. The molecule has 0 saturated heterocycles. The lowest BCUT2D eigenvalue weighted by molar-refractivity contribution is 0.594. The SMILES string of the molecule is NS(=O)(=O)N1CCc2ccc(F)cc21. The van der Waals surface area contributed by atoms with E-state index < -0.39 is 16.0 Å². The third kappa shape index (κ3) is 1.46. The second kappa shape index (κ2) is 2.93. The van der Waals surface area contributed by atoms with Crippen molar-refractivity contribution < 1.29 is 12.8 Å². The van der Waals surface area contributed by atoms with Gasteiger partial charge in [-0.15, -0.1) is 0 Å². The van der Waals surface area contributed by atoms with Gasteiger partial charge in [-0.2, -0.15) is 8.42 Å². The van der Waals surface area contributed by atoms with Crippen molar-refractivity contribution in [1.82, 2.24) is 0 Å². The van der Waals surface area contributed by atoms with Gasteiger partial charge in [-0.1, -0.05) is 6.07 Å². The smallest absolute Gasteiger partial charge is 0.257 e. The molecule has 14 heavy (non-hydrogen) atoms. The van der Waals surface area contributed by atoms with Crippen molar-refractivity contribution in [3.05, 3.63) is 29.6 Å². The molecule has 2 N–H and O–H groups in total. The minimum atomic E-state index is -3.77.